The van der Waals surface area contributed by atoms with Crippen LogP contribution in [-0.2, 0) is 20.0 Å². The van der Waals surface area contributed by atoms with Gasteiger partial charge in [-0.3, -0.25) is 4.68 Å². The van der Waals surface area contributed by atoms with Crippen molar-refractivity contribution < 1.29 is 4.79 Å². The van der Waals surface area contributed by atoms with Gasteiger partial charge in [-0.1, -0.05) is 19.8 Å². The van der Waals surface area contributed by atoms with Crippen LogP contribution in [0.2, 0.25) is 0 Å². The maximum atomic E-state index is 12.1. The molecule has 0 bridgehead atoms. The zero-order valence-corrected chi connectivity index (χ0v) is 12.0. The van der Waals surface area contributed by atoms with Crippen LogP contribution in [0.25, 0.3) is 0 Å². The molecular weight excluding hydrogens is 240 g/mol. The number of aryl methyl sites for hydroxylation is 2. The van der Waals surface area contributed by atoms with E-state index in [0.717, 1.165) is 43.6 Å². The van der Waals surface area contributed by atoms with Crippen molar-refractivity contribution >= 4 is 6.03 Å². The second kappa shape index (κ2) is 6.59. The third kappa shape index (κ3) is 3.72. The number of hydrogen-bond donors (Lipinski definition) is 1. The first-order chi connectivity index (χ1) is 9.20. The first-order valence-electron chi connectivity index (χ1n) is 7.25. The number of aromatic nitrogens is 2. The molecule has 0 atom stereocenters. The van der Waals surface area contributed by atoms with Crippen LogP contribution in [0.1, 0.15) is 43.9 Å². The molecule has 1 fully saturated rings. The molecule has 2 rings (SSSR count). The lowest BCUT2D eigenvalue weighted by molar-refractivity contribution is 0.199. The predicted octanol–water partition coefficient (Wildman–Crippen LogP) is 2.07. The zero-order chi connectivity index (χ0) is 13.7. The maximum absolute atomic E-state index is 12.1. The van der Waals surface area contributed by atoms with Crippen molar-refractivity contribution in [1.82, 2.24) is 20.0 Å². The molecule has 1 aromatic rings. The molecule has 1 N–H and O–H groups in total. The molecule has 5 nitrogen and oxygen atoms in total. The molecule has 2 amide bonds. The molecule has 0 aliphatic carbocycles. The Kier molecular flexibility index (Phi) is 4.82. The summed E-state index contributed by atoms with van der Waals surface area (Å²) < 4.78 is 1.81. The molecule has 106 valence electrons. The Balaban J connectivity index is 1.88. The Labute approximate surface area is 115 Å². The van der Waals surface area contributed by atoms with Crippen LogP contribution >= 0.6 is 0 Å². The molecule has 0 radical (unpaired) electrons. The highest BCUT2D eigenvalue weighted by Crippen LogP contribution is 2.10. The summed E-state index contributed by atoms with van der Waals surface area (Å²) >= 11 is 0. The minimum atomic E-state index is 0.0628. The predicted molar refractivity (Wildman–Crippen MR) is 74.9 cm³/mol. The third-order valence-corrected chi connectivity index (χ3v) is 3.65. The Morgan fingerprint density at radius 1 is 1.32 bits per heavy atom. The van der Waals surface area contributed by atoms with E-state index in [2.05, 4.69) is 17.3 Å². The smallest absolute Gasteiger partial charge is 0.317 e. The summed E-state index contributed by atoms with van der Waals surface area (Å²) in [6.07, 6.45) is 7.62. The van der Waals surface area contributed by atoms with Crippen LogP contribution in [0.5, 0.6) is 0 Å². The van der Waals surface area contributed by atoms with E-state index < -0.39 is 0 Å². The van der Waals surface area contributed by atoms with Crippen LogP contribution in [0.15, 0.2) is 6.20 Å². The standard InChI is InChI=1S/C14H24N4O/c1-3-13-12(11-17(2)16-13)10-15-14(19)18-8-6-4-5-7-9-18/h11H,3-10H2,1-2H3,(H,15,19). The summed E-state index contributed by atoms with van der Waals surface area (Å²) in [5.74, 6) is 0. The number of carbonyl (C=O) groups is 1. The van der Waals surface area contributed by atoms with Crippen molar-refractivity contribution in [2.24, 2.45) is 7.05 Å². The van der Waals surface area contributed by atoms with E-state index >= 15 is 0 Å². The summed E-state index contributed by atoms with van der Waals surface area (Å²) in [5, 5.41) is 7.40. The molecule has 0 aromatic carbocycles. The van der Waals surface area contributed by atoms with Crippen molar-refractivity contribution in [1.29, 1.82) is 0 Å². The summed E-state index contributed by atoms with van der Waals surface area (Å²) in [6, 6.07) is 0.0628. The summed E-state index contributed by atoms with van der Waals surface area (Å²) in [5.41, 5.74) is 2.19. The first kappa shape index (κ1) is 13.9. The number of hydrogen-bond acceptors (Lipinski definition) is 2. The van der Waals surface area contributed by atoms with Crippen LogP contribution in [-0.4, -0.2) is 33.8 Å². The fraction of sp³-hybridized carbons (Fsp3) is 0.714. The van der Waals surface area contributed by atoms with Crippen molar-refractivity contribution in [2.45, 2.75) is 45.6 Å². The largest absolute Gasteiger partial charge is 0.334 e. The minimum Gasteiger partial charge on any atom is -0.334 e. The minimum absolute atomic E-state index is 0.0628. The number of rotatable bonds is 3. The van der Waals surface area contributed by atoms with Gasteiger partial charge in [0.1, 0.15) is 0 Å². The molecule has 0 saturated carbocycles. The van der Waals surface area contributed by atoms with E-state index in [0.29, 0.717) is 6.54 Å². The lowest BCUT2D eigenvalue weighted by atomic mass is 10.2. The normalized spacial score (nSPS) is 16.2. The van der Waals surface area contributed by atoms with E-state index in [1.165, 1.54) is 12.8 Å². The van der Waals surface area contributed by atoms with Gasteiger partial charge in [-0.25, -0.2) is 4.79 Å². The van der Waals surface area contributed by atoms with Gasteiger partial charge in [0, 0.05) is 38.4 Å². The van der Waals surface area contributed by atoms with E-state index in [4.69, 9.17) is 0 Å². The summed E-state index contributed by atoms with van der Waals surface area (Å²) in [6.45, 7) is 4.44. The van der Waals surface area contributed by atoms with E-state index in [9.17, 15) is 4.79 Å². The van der Waals surface area contributed by atoms with Crippen LogP contribution in [0.3, 0.4) is 0 Å². The Hall–Kier alpha value is -1.52. The second-order valence-electron chi connectivity index (χ2n) is 5.19. The number of likely N-dealkylation sites (tertiary alicyclic amines) is 1. The molecule has 1 aliphatic rings. The van der Waals surface area contributed by atoms with Crippen molar-refractivity contribution in [2.75, 3.05) is 13.1 Å². The highest BCUT2D eigenvalue weighted by molar-refractivity contribution is 5.74. The number of amides is 2. The highest BCUT2D eigenvalue weighted by Gasteiger charge is 2.15. The van der Waals surface area contributed by atoms with Gasteiger partial charge in [-0.15, -0.1) is 0 Å². The Bertz CT molecular complexity index is 419. The third-order valence-electron chi connectivity index (χ3n) is 3.65. The van der Waals surface area contributed by atoms with Gasteiger partial charge >= 0.3 is 6.03 Å². The van der Waals surface area contributed by atoms with Gasteiger partial charge in [-0.2, -0.15) is 5.10 Å². The summed E-state index contributed by atoms with van der Waals surface area (Å²) in [7, 11) is 1.92. The van der Waals surface area contributed by atoms with Crippen LogP contribution < -0.4 is 5.32 Å². The molecular formula is C14H24N4O. The highest BCUT2D eigenvalue weighted by atomic mass is 16.2. The Morgan fingerprint density at radius 2 is 2.00 bits per heavy atom. The van der Waals surface area contributed by atoms with Gasteiger partial charge in [0.25, 0.3) is 0 Å². The van der Waals surface area contributed by atoms with Crippen LogP contribution in [0, 0.1) is 0 Å². The molecule has 1 aromatic heterocycles. The van der Waals surface area contributed by atoms with Crippen molar-refractivity contribution in [3.8, 4) is 0 Å². The second-order valence-corrected chi connectivity index (χ2v) is 5.19. The van der Waals surface area contributed by atoms with Gasteiger partial charge in [-0.05, 0) is 19.3 Å². The number of nitrogens with one attached hydrogen (secondary N) is 1. The first-order valence-corrected chi connectivity index (χ1v) is 7.25. The molecule has 0 spiro atoms. The van der Waals surface area contributed by atoms with E-state index in [1.807, 2.05) is 22.8 Å². The summed E-state index contributed by atoms with van der Waals surface area (Å²) in [4.78, 5) is 14.1. The van der Waals surface area contributed by atoms with Gasteiger partial charge < -0.3 is 10.2 Å². The van der Waals surface area contributed by atoms with Gasteiger partial charge in [0.05, 0.1) is 5.69 Å². The van der Waals surface area contributed by atoms with Crippen LogP contribution in [0.4, 0.5) is 4.79 Å². The van der Waals surface area contributed by atoms with Crippen molar-refractivity contribution in [3.63, 3.8) is 0 Å². The average Bonchev–Trinajstić information content (AvgIpc) is 2.62. The van der Waals surface area contributed by atoms with E-state index in [-0.39, 0.29) is 6.03 Å². The maximum Gasteiger partial charge on any atom is 0.317 e. The number of carbonyl (C=O) groups excluding carboxylic acids is 1. The van der Waals surface area contributed by atoms with Gasteiger partial charge in [0.2, 0.25) is 0 Å². The quantitative estimate of drug-likeness (QED) is 0.908. The monoisotopic (exact) mass is 264 g/mol. The van der Waals surface area contributed by atoms with Crippen molar-refractivity contribution in [3.05, 3.63) is 17.5 Å². The zero-order valence-electron chi connectivity index (χ0n) is 12.0. The number of nitrogens with zero attached hydrogens (tertiary/aromatic N) is 3. The Morgan fingerprint density at radius 3 is 2.63 bits per heavy atom. The lowest BCUT2D eigenvalue weighted by Crippen LogP contribution is -2.40. The SMILES string of the molecule is CCc1nn(C)cc1CNC(=O)N1CCCCCC1. The number of urea groups is 1. The molecule has 19 heavy (non-hydrogen) atoms. The molecule has 2 heterocycles. The lowest BCUT2D eigenvalue weighted by Gasteiger charge is -2.20. The molecule has 1 aliphatic heterocycles. The van der Waals surface area contributed by atoms with E-state index in [1.54, 1.807) is 0 Å². The van der Waals surface area contributed by atoms with Gasteiger partial charge in [0.15, 0.2) is 0 Å². The topological polar surface area (TPSA) is 50.2 Å². The average molecular weight is 264 g/mol. The molecule has 5 heteroatoms. The fourth-order valence-electron chi connectivity index (χ4n) is 2.59. The molecule has 0 unspecified atom stereocenters. The fourth-order valence-corrected chi connectivity index (χ4v) is 2.59. The molecule has 1 saturated heterocycles.